The largest absolute Gasteiger partial charge is 0.278 e. The van der Waals surface area contributed by atoms with Gasteiger partial charge in [0.25, 0.3) is 5.69 Å². The van der Waals surface area contributed by atoms with E-state index in [2.05, 4.69) is 9.98 Å². The molecule has 0 aromatic heterocycles. The smallest absolute Gasteiger partial charge is 0.270 e. The first kappa shape index (κ1) is 13.5. The zero-order chi connectivity index (χ0) is 14.8. The Kier molecular flexibility index (Phi) is 3.50. The summed E-state index contributed by atoms with van der Waals surface area (Å²) in [6.07, 6.45) is 1.68. The summed E-state index contributed by atoms with van der Waals surface area (Å²) in [7, 11) is 0. The molecular formula is C15H10ClN3O2. The lowest BCUT2D eigenvalue weighted by atomic mass is 10.00. The molecule has 1 aliphatic heterocycles. The van der Waals surface area contributed by atoms with Crippen LogP contribution in [-0.4, -0.2) is 23.4 Å². The highest BCUT2D eigenvalue weighted by Gasteiger charge is 2.19. The fraction of sp³-hybridized carbons (Fsp3) is 0.0667. The van der Waals surface area contributed by atoms with Gasteiger partial charge in [0.2, 0.25) is 0 Å². The molecule has 0 unspecified atom stereocenters. The average molecular weight is 300 g/mol. The Hall–Kier alpha value is -2.53. The van der Waals surface area contributed by atoms with Crippen LogP contribution in [0.2, 0.25) is 5.02 Å². The van der Waals surface area contributed by atoms with Crippen LogP contribution in [0.1, 0.15) is 11.1 Å². The quantitative estimate of drug-likeness (QED) is 0.625. The molecule has 2 aromatic rings. The third-order valence-corrected chi connectivity index (χ3v) is 3.47. The first-order valence-corrected chi connectivity index (χ1v) is 6.65. The van der Waals surface area contributed by atoms with Crippen LogP contribution in [0.3, 0.4) is 0 Å². The van der Waals surface area contributed by atoms with Crippen molar-refractivity contribution in [3.8, 4) is 0 Å². The molecule has 0 amide bonds. The van der Waals surface area contributed by atoms with Crippen molar-refractivity contribution in [3.05, 3.63) is 68.7 Å². The topological polar surface area (TPSA) is 67.9 Å². The molecule has 21 heavy (non-hydrogen) atoms. The number of benzene rings is 2. The zero-order valence-corrected chi connectivity index (χ0v) is 11.6. The molecule has 0 fully saturated rings. The Labute approximate surface area is 125 Å². The van der Waals surface area contributed by atoms with E-state index in [0.717, 1.165) is 5.56 Å². The first-order valence-electron chi connectivity index (χ1n) is 6.27. The van der Waals surface area contributed by atoms with Crippen molar-refractivity contribution in [2.75, 3.05) is 6.54 Å². The maximum Gasteiger partial charge on any atom is 0.270 e. The van der Waals surface area contributed by atoms with Gasteiger partial charge in [0.15, 0.2) is 0 Å². The summed E-state index contributed by atoms with van der Waals surface area (Å²) in [4.78, 5) is 19.3. The van der Waals surface area contributed by atoms with Gasteiger partial charge in [-0.15, -0.1) is 0 Å². The normalized spacial score (nSPS) is 13.3. The molecule has 0 saturated carbocycles. The summed E-state index contributed by atoms with van der Waals surface area (Å²) < 4.78 is 0. The Morgan fingerprint density at radius 1 is 1.14 bits per heavy atom. The number of aliphatic imine (C=N–C) groups is 2. The van der Waals surface area contributed by atoms with Crippen molar-refractivity contribution in [1.29, 1.82) is 0 Å². The molecule has 0 spiro atoms. The first-order chi connectivity index (χ1) is 10.2. The number of nitrogens with zero attached hydrogens (tertiary/aromatic N) is 3. The van der Waals surface area contributed by atoms with Crippen LogP contribution in [0.5, 0.6) is 0 Å². The minimum atomic E-state index is -0.431. The highest BCUT2D eigenvalue weighted by Crippen LogP contribution is 2.30. The molecule has 5 nitrogen and oxygen atoms in total. The monoisotopic (exact) mass is 299 g/mol. The van der Waals surface area contributed by atoms with Crippen LogP contribution in [0.15, 0.2) is 52.4 Å². The lowest BCUT2D eigenvalue weighted by Crippen LogP contribution is -2.05. The predicted molar refractivity (Wildman–Crippen MR) is 83.2 cm³/mol. The molecular weight excluding hydrogens is 290 g/mol. The number of hydrogen-bond donors (Lipinski definition) is 0. The standard InChI is InChI=1S/C15H10ClN3O2/c16-13-4-2-1-3-11(13)15-12-9-10(19(20)21)5-6-14(12)17-7-8-18-15/h1-7,9H,8H2. The van der Waals surface area contributed by atoms with Crippen LogP contribution in [0, 0.1) is 10.1 Å². The van der Waals surface area contributed by atoms with E-state index in [1.807, 2.05) is 18.2 Å². The van der Waals surface area contributed by atoms with E-state index in [0.29, 0.717) is 28.5 Å². The third kappa shape index (κ3) is 2.55. The van der Waals surface area contributed by atoms with Gasteiger partial charge < -0.3 is 0 Å². The summed E-state index contributed by atoms with van der Waals surface area (Å²) in [6.45, 7) is 0.406. The number of halogens is 1. The van der Waals surface area contributed by atoms with Gasteiger partial charge in [-0.25, -0.2) is 0 Å². The molecule has 0 aliphatic carbocycles. The Bertz CT molecular complexity index is 784. The molecule has 0 radical (unpaired) electrons. The minimum absolute atomic E-state index is 0.00519. The number of rotatable bonds is 2. The summed E-state index contributed by atoms with van der Waals surface area (Å²) >= 11 is 6.22. The van der Waals surface area contributed by atoms with Crippen LogP contribution < -0.4 is 0 Å². The van der Waals surface area contributed by atoms with Crippen LogP contribution in [0.4, 0.5) is 11.4 Å². The van der Waals surface area contributed by atoms with E-state index in [-0.39, 0.29) is 5.69 Å². The third-order valence-electron chi connectivity index (χ3n) is 3.14. The van der Waals surface area contributed by atoms with Crippen LogP contribution in [-0.2, 0) is 0 Å². The Balaban J connectivity index is 2.22. The van der Waals surface area contributed by atoms with E-state index in [9.17, 15) is 10.1 Å². The molecule has 0 atom stereocenters. The van der Waals surface area contributed by atoms with Crippen molar-refractivity contribution in [2.24, 2.45) is 9.98 Å². The van der Waals surface area contributed by atoms with Gasteiger partial charge in [-0.3, -0.25) is 20.1 Å². The van der Waals surface area contributed by atoms with Gasteiger partial charge >= 0.3 is 0 Å². The summed E-state index contributed by atoms with van der Waals surface area (Å²) in [5.74, 6) is 0. The number of nitro benzene ring substituents is 1. The molecule has 2 aromatic carbocycles. The molecule has 1 aliphatic rings. The maximum absolute atomic E-state index is 11.0. The molecule has 0 saturated heterocycles. The number of nitro groups is 1. The van der Waals surface area contributed by atoms with Gasteiger partial charge in [0.05, 0.1) is 22.9 Å². The van der Waals surface area contributed by atoms with Crippen LogP contribution in [0.25, 0.3) is 0 Å². The second-order valence-corrected chi connectivity index (χ2v) is 4.85. The molecule has 6 heteroatoms. The van der Waals surface area contributed by atoms with E-state index in [1.165, 1.54) is 12.1 Å². The van der Waals surface area contributed by atoms with E-state index in [4.69, 9.17) is 11.6 Å². The van der Waals surface area contributed by atoms with E-state index in [1.54, 1.807) is 18.3 Å². The molecule has 0 N–H and O–H groups in total. The molecule has 1 heterocycles. The number of fused-ring (bicyclic) bond motifs is 1. The lowest BCUT2D eigenvalue weighted by Gasteiger charge is -2.09. The second kappa shape index (κ2) is 5.46. The second-order valence-electron chi connectivity index (χ2n) is 4.44. The molecule has 104 valence electrons. The lowest BCUT2D eigenvalue weighted by molar-refractivity contribution is -0.384. The van der Waals surface area contributed by atoms with Gasteiger partial charge in [-0.2, -0.15) is 0 Å². The molecule has 0 bridgehead atoms. The summed E-state index contributed by atoms with van der Waals surface area (Å²) in [6, 6.07) is 11.8. The average Bonchev–Trinajstić information content (AvgIpc) is 2.69. The van der Waals surface area contributed by atoms with E-state index < -0.39 is 4.92 Å². The molecule has 3 rings (SSSR count). The Morgan fingerprint density at radius 3 is 2.71 bits per heavy atom. The summed E-state index contributed by atoms with van der Waals surface area (Å²) in [5.41, 5.74) is 2.64. The fourth-order valence-corrected chi connectivity index (χ4v) is 2.41. The Morgan fingerprint density at radius 2 is 1.95 bits per heavy atom. The summed E-state index contributed by atoms with van der Waals surface area (Å²) in [5, 5.41) is 11.5. The zero-order valence-electron chi connectivity index (χ0n) is 10.9. The predicted octanol–water partition coefficient (Wildman–Crippen LogP) is 3.80. The van der Waals surface area contributed by atoms with Crippen molar-refractivity contribution < 1.29 is 4.92 Å². The van der Waals surface area contributed by atoms with E-state index >= 15 is 0 Å². The highest BCUT2D eigenvalue weighted by molar-refractivity contribution is 6.36. The number of hydrogen-bond acceptors (Lipinski definition) is 4. The fourth-order valence-electron chi connectivity index (χ4n) is 2.18. The van der Waals surface area contributed by atoms with Gasteiger partial charge in [0.1, 0.15) is 0 Å². The maximum atomic E-state index is 11.0. The number of non-ortho nitro benzene ring substituents is 1. The van der Waals surface area contributed by atoms with Crippen LogP contribution >= 0.6 is 11.6 Å². The minimum Gasteiger partial charge on any atom is -0.278 e. The SMILES string of the molecule is O=[N+]([O-])c1ccc2c(c1)C(c1ccccc1Cl)=NCC=N2. The van der Waals surface area contributed by atoms with Crippen molar-refractivity contribution in [1.82, 2.24) is 0 Å². The van der Waals surface area contributed by atoms with Crippen molar-refractivity contribution in [2.45, 2.75) is 0 Å². The van der Waals surface area contributed by atoms with Crippen molar-refractivity contribution in [3.63, 3.8) is 0 Å². The van der Waals surface area contributed by atoms with Gasteiger partial charge in [0, 0.05) is 34.5 Å². The van der Waals surface area contributed by atoms with Gasteiger partial charge in [-0.05, 0) is 12.1 Å². The highest BCUT2D eigenvalue weighted by atomic mass is 35.5. The van der Waals surface area contributed by atoms with Gasteiger partial charge in [-0.1, -0.05) is 29.8 Å². The van der Waals surface area contributed by atoms with Crippen molar-refractivity contribution >= 4 is 34.9 Å².